The fourth-order valence-corrected chi connectivity index (χ4v) is 4.91. The highest BCUT2D eigenvalue weighted by atomic mass is 16.6. The van der Waals surface area contributed by atoms with E-state index in [0.29, 0.717) is 19.5 Å². The standard InChI is InChI=1S/C27H30N4O3/c1-27(2,3)34-26(33)31-14-7-10-22(31)25(32)30-15-11-20-21(18-8-5-4-6-9-18)16-19(17-23(20)30)24-28-12-13-29-24/h4-6,8-9,12-13,16-17,22H,7,10-11,14-15H2,1-3H3,(H,28,29). The molecule has 3 heterocycles. The van der Waals surface area contributed by atoms with Gasteiger partial charge in [0.25, 0.3) is 0 Å². The van der Waals surface area contributed by atoms with Gasteiger partial charge in [0.1, 0.15) is 17.5 Å². The van der Waals surface area contributed by atoms with Gasteiger partial charge in [0, 0.05) is 36.7 Å². The molecule has 34 heavy (non-hydrogen) atoms. The van der Waals surface area contributed by atoms with E-state index in [1.807, 2.05) is 49.9 Å². The number of nitrogens with one attached hydrogen (secondary N) is 1. The third-order valence-corrected chi connectivity index (χ3v) is 6.39. The summed E-state index contributed by atoms with van der Waals surface area (Å²) in [5.41, 5.74) is 4.59. The molecule has 7 heteroatoms. The lowest BCUT2D eigenvalue weighted by Crippen LogP contribution is -2.48. The number of H-pyrrole nitrogens is 1. The SMILES string of the molecule is CC(C)(C)OC(=O)N1CCCC1C(=O)N1CCc2c(-c3ccccc3)cc(-c3ncc[nH]3)cc21. The average Bonchev–Trinajstić information content (AvgIpc) is 3.58. The first-order valence-corrected chi connectivity index (χ1v) is 11.8. The summed E-state index contributed by atoms with van der Waals surface area (Å²) < 4.78 is 5.58. The fraction of sp³-hybridized carbons (Fsp3) is 0.370. The summed E-state index contributed by atoms with van der Waals surface area (Å²) in [6, 6.07) is 13.9. The first-order valence-electron chi connectivity index (χ1n) is 11.8. The van der Waals surface area contributed by atoms with Crippen molar-refractivity contribution in [3.8, 4) is 22.5 Å². The van der Waals surface area contributed by atoms with E-state index in [2.05, 4.69) is 28.2 Å². The van der Waals surface area contributed by atoms with Crippen LogP contribution in [0.5, 0.6) is 0 Å². The molecule has 2 aliphatic rings. The van der Waals surface area contributed by atoms with Gasteiger partial charge in [0.2, 0.25) is 5.91 Å². The molecule has 2 aliphatic heterocycles. The van der Waals surface area contributed by atoms with Gasteiger partial charge in [-0.2, -0.15) is 0 Å². The number of carbonyl (C=O) groups is 2. The second kappa shape index (κ2) is 8.63. The Morgan fingerprint density at radius 3 is 2.59 bits per heavy atom. The molecule has 3 aromatic rings. The number of amides is 2. The van der Waals surface area contributed by atoms with E-state index in [9.17, 15) is 9.59 Å². The van der Waals surface area contributed by atoms with Crippen molar-refractivity contribution in [2.75, 3.05) is 18.0 Å². The molecule has 7 nitrogen and oxygen atoms in total. The first kappa shape index (κ1) is 22.2. The summed E-state index contributed by atoms with van der Waals surface area (Å²) in [6.07, 6.45) is 5.31. The van der Waals surface area contributed by atoms with E-state index in [4.69, 9.17) is 4.74 Å². The van der Waals surface area contributed by atoms with Crippen molar-refractivity contribution in [3.05, 3.63) is 60.4 Å². The van der Waals surface area contributed by atoms with Crippen LogP contribution in [0.15, 0.2) is 54.9 Å². The number of imidazole rings is 1. The number of anilines is 1. The van der Waals surface area contributed by atoms with Crippen molar-refractivity contribution >= 4 is 17.7 Å². The van der Waals surface area contributed by atoms with Crippen molar-refractivity contribution in [1.82, 2.24) is 14.9 Å². The monoisotopic (exact) mass is 458 g/mol. The van der Waals surface area contributed by atoms with E-state index < -0.39 is 17.7 Å². The van der Waals surface area contributed by atoms with Gasteiger partial charge in [-0.3, -0.25) is 9.69 Å². The molecule has 0 radical (unpaired) electrons. The molecule has 1 N–H and O–H groups in total. The number of hydrogen-bond donors (Lipinski definition) is 1. The second-order valence-electron chi connectivity index (χ2n) is 9.90. The summed E-state index contributed by atoms with van der Waals surface area (Å²) in [6.45, 7) is 6.66. The van der Waals surface area contributed by atoms with Crippen LogP contribution in [-0.2, 0) is 16.0 Å². The summed E-state index contributed by atoms with van der Waals surface area (Å²) >= 11 is 0. The second-order valence-corrected chi connectivity index (χ2v) is 9.90. The minimum atomic E-state index is -0.601. The highest BCUT2D eigenvalue weighted by Gasteiger charge is 2.41. The smallest absolute Gasteiger partial charge is 0.410 e. The maximum absolute atomic E-state index is 13.8. The van der Waals surface area contributed by atoms with Gasteiger partial charge in [0.15, 0.2) is 0 Å². The normalized spacial score (nSPS) is 17.7. The molecular formula is C27H30N4O3. The maximum atomic E-state index is 13.8. The average molecular weight is 459 g/mol. The zero-order valence-electron chi connectivity index (χ0n) is 19.9. The number of aromatic nitrogens is 2. The zero-order chi connectivity index (χ0) is 23.9. The number of hydrogen-bond acceptors (Lipinski definition) is 4. The van der Waals surface area contributed by atoms with Crippen LogP contribution < -0.4 is 4.90 Å². The lowest BCUT2D eigenvalue weighted by atomic mass is 9.95. The number of nitrogens with zero attached hydrogens (tertiary/aromatic N) is 3. The number of fused-ring (bicyclic) bond motifs is 1. The predicted octanol–water partition coefficient (Wildman–Crippen LogP) is 5.03. The maximum Gasteiger partial charge on any atom is 0.410 e. The fourth-order valence-electron chi connectivity index (χ4n) is 4.91. The van der Waals surface area contributed by atoms with E-state index in [0.717, 1.165) is 46.6 Å². The molecular weight excluding hydrogens is 428 g/mol. The van der Waals surface area contributed by atoms with E-state index in [1.165, 1.54) is 0 Å². The van der Waals surface area contributed by atoms with Crippen LogP contribution in [0.1, 0.15) is 39.2 Å². The highest BCUT2D eigenvalue weighted by Crippen LogP contribution is 2.40. The number of rotatable bonds is 3. The lowest BCUT2D eigenvalue weighted by molar-refractivity contribution is -0.122. The Balaban J connectivity index is 1.51. The van der Waals surface area contributed by atoms with Crippen LogP contribution in [0.4, 0.5) is 10.5 Å². The van der Waals surface area contributed by atoms with Crippen molar-refractivity contribution in [2.45, 2.75) is 51.7 Å². The number of aromatic amines is 1. The van der Waals surface area contributed by atoms with Crippen LogP contribution in [0.2, 0.25) is 0 Å². The summed E-state index contributed by atoms with van der Waals surface area (Å²) in [4.78, 5) is 37.7. The van der Waals surface area contributed by atoms with E-state index >= 15 is 0 Å². The van der Waals surface area contributed by atoms with Crippen molar-refractivity contribution in [1.29, 1.82) is 0 Å². The van der Waals surface area contributed by atoms with Gasteiger partial charge in [-0.1, -0.05) is 30.3 Å². The summed E-state index contributed by atoms with van der Waals surface area (Å²) in [7, 11) is 0. The molecule has 1 atom stereocenters. The van der Waals surface area contributed by atoms with Crippen molar-refractivity contribution < 1.29 is 14.3 Å². The van der Waals surface area contributed by atoms with Crippen molar-refractivity contribution in [2.24, 2.45) is 0 Å². The van der Waals surface area contributed by atoms with Crippen LogP contribution >= 0.6 is 0 Å². The molecule has 0 saturated carbocycles. The summed E-state index contributed by atoms with van der Waals surface area (Å²) in [5, 5.41) is 0. The molecule has 176 valence electrons. The molecule has 1 unspecified atom stereocenters. The number of likely N-dealkylation sites (tertiary alicyclic amines) is 1. The lowest BCUT2D eigenvalue weighted by Gasteiger charge is -2.30. The molecule has 2 aromatic carbocycles. The predicted molar refractivity (Wildman–Crippen MR) is 131 cm³/mol. The van der Waals surface area contributed by atoms with Gasteiger partial charge >= 0.3 is 6.09 Å². The third kappa shape index (κ3) is 4.18. The Hall–Kier alpha value is -3.61. The molecule has 1 aromatic heterocycles. The van der Waals surface area contributed by atoms with Crippen LogP contribution in [0.3, 0.4) is 0 Å². The first-order chi connectivity index (χ1) is 16.3. The minimum absolute atomic E-state index is 0.0438. The Kier molecular flexibility index (Phi) is 5.63. The number of ether oxygens (including phenoxy) is 1. The van der Waals surface area contributed by atoms with Gasteiger partial charge in [-0.05, 0) is 68.9 Å². The third-order valence-electron chi connectivity index (χ3n) is 6.39. The Bertz CT molecular complexity index is 1200. The Morgan fingerprint density at radius 2 is 1.88 bits per heavy atom. The molecule has 0 bridgehead atoms. The summed E-state index contributed by atoms with van der Waals surface area (Å²) in [5.74, 6) is 0.716. The largest absolute Gasteiger partial charge is 0.444 e. The zero-order valence-corrected chi connectivity index (χ0v) is 19.9. The molecule has 5 rings (SSSR count). The van der Waals surface area contributed by atoms with Gasteiger partial charge in [-0.25, -0.2) is 9.78 Å². The molecule has 2 amide bonds. The molecule has 1 saturated heterocycles. The van der Waals surface area contributed by atoms with Gasteiger partial charge in [0.05, 0.1) is 0 Å². The minimum Gasteiger partial charge on any atom is -0.444 e. The highest BCUT2D eigenvalue weighted by molar-refractivity contribution is 6.02. The van der Waals surface area contributed by atoms with Crippen LogP contribution in [0.25, 0.3) is 22.5 Å². The number of benzene rings is 2. The quantitative estimate of drug-likeness (QED) is 0.597. The van der Waals surface area contributed by atoms with Crippen LogP contribution in [0, 0.1) is 0 Å². The topological polar surface area (TPSA) is 78.5 Å². The van der Waals surface area contributed by atoms with E-state index in [1.54, 1.807) is 17.3 Å². The molecule has 0 aliphatic carbocycles. The van der Waals surface area contributed by atoms with E-state index in [-0.39, 0.29) is 5.91 Å². The molecule has 1 fully saturated rings. The van der Waals surface area contributed by atoms with Gasteiger partial charge in [-0.15, -0.1) is 0 Å². The van der Waals surface area contributed by atoms with Gasteiger partial charge < -0.3 is 14.6 Å². The Labute approximate surface area is 199 Å². The van der Waals surface area contributed by atoms with Crippen LogP contribution in [-0.4, -0.2) is 51.6 Å². The molecule has 0 spiro atoms. The number of carbonyl (C=O) groups excluding carboxylic acids is 2. The Morgan fingerprint density at radius 1 is 1.09 bits per heavy atom. The van der Waals surface area contributed by atoms with Crippen molar-refractivity contribution in [3.63, 3.8) is 0 Å².